The van der Waals surface area contributed by atoms with Crippen molar-refractivity contribution in [2.45, 2.75) is 51.7 Å². The SMILES string of the molecule is CC(C)(C)OC(=O)N1CCC[C@H]1Cc1ncc2c(Cl)nccn12. The number of hydrogen-bond donors (Lipinski definition) is 0. The van der Waals surface area contributed by atoms with Gasteiger partial charge >= 0.3 is 6.09 Å². The second kappa shape index (κ2) is 6.00. The first-order valence-corrected chi connectivity index (χ1v) is 8.19. The third-order valence-corrected chi connectivity index (χ3v) is 4.20. The molecule has 0 unspecified atom stereocenters. The van der Waals surface area contributed by atoms with Crippen LogP contribution in [0.25, 0.3) is 5.52 Å². The summed E-state index contributed by atoms with van der Waals surface area (Å²) in [5.74, 6) is 0.879. The fourth-order valence-electron chi connectivity index (χ4n) is 2.92. The van der Waals surface area contributed by atoms with Crippen molar-refractivity contribution in [2.24, 2.45) is 0 Å². The highest BCUT2D eigenvalue weighted by molar-refractivity contribution is 6.32. The third kappa shape index (κ3) is 3.42. The number of nitrogens with zero attached hydrogens (tertiary/aromatic N) is 4. The lowest BCUT2D eigenvalue weighted by Crippen LogP contribution is -2.40. The maximum absolute atomic E-state index is 12.4. The number of amides is 1. The molecule has 2 aromatic heterocycles. The lowest BCUT2D eigenvalue weighted by Gasteiger charge is -2.28. The van der Waals surface area contributed by atoms with E-state index in [1.165, 1.54) is 0 Å². The summed E-state index contributed by atoms with van der Waals surface area (Å²) < 4.78 is 7.44. The number of carbonyl (C=O) groups is 1. The Morgan fingerprint density at radius 2 is 2.22 bits per heavy atom. The molecule has 124 valence electrons. The van der Waals surface area contributed by atoms with Crippen LogP contribution in [0, 0.1) is 0 Å². The fraction of sp³-hybridized carbons (Fsp3) is 0.562. The van der Waals surface area contributed by atoms with E-state index >= 15 is 0 Å². The minimum atomic E-state index is -0.483. The van der Waals surface area contributed by atoms with Crippen molar-refractivity contribution < 1.29 is 9.53 Å². The molecular weight excluding hydrogens is 316 g/mol. The fourth-order valence-corrected chi connectivity index (χ4v) is 3.12. The van der Waals surface area contributed by atoms with Crippen LogP contribution in [0.4, 0.5) is 4.79 Å². The van der Waals surface area contributed by atoms with Crippen molar-refractivity contribution in [3.8, 4) is 0 Å². The summed E-state index contributed by atoms with van der Waals surface area (Å²) >= 11 is 6.08. The number of likely N-dealkylation sites (tertiary alicyclic amines) is 1. The van der Waals surface area contributed by atoms with Crippen LogP contribution in [-0.2, 0) is 11.2 Å². The number of hydrogen-bond acceptors (Lipinski definition) is 4. The molecule has 1 saturated heterocycles. The Balaban J connectivity index is 1.78. The molecule has 0 spiro atoms. The van der Waals surface area contributed by atoms with E-state index in [1.54, 1.807) is 12.4 Å². The number of aromatic nitrogens is 3. The topological polar surface area (TPSA) is 59.7 Å². The van der Waals surface area contributed by atoms with Crippen LogP contribution < -0.4 is 0 Å². The number of halogens is 1. The van der Waals surface area contributed by atoms with Crippen molar-refractivity contribution in [1.82, 2.24) is 19.3 Å². The molecule has 0 aliphatic carbocycles. The first kappa shape index (κ1) is 16.1. The molecule has 1 aliphatic heterocycles. The van der Waals surface area contributed by atoms with E-state index < -0.39 is 5.60 Å². The molecule has 23 heavy (non-hydrogen) atoms. The van der Waals surface area contributed by atoms with Crippen LogP contribution in [0.15, 0.2) is 18.6 Å². The highest BCUT2D eigenvalue weighted by Gasteiger charge is 2.33. The van der Waals surface area contributed by atoms with Crippen molar-refractivity contribution >= 4 is 23.2 Å². The van der Waals surface area contributed by atoms with Crippen molar-refractivity contribution in [2.75, 3.05) is 6.54 Å². The summed E-state index contributed by atoms with van der Waals surface area (Å²) in [6, 6.07) is 0.0994. The molecule has 0 saturated carbocycles. The van der Waals surface area contributed by atoms with Gasteiger partial charge in [0.1, 0.15) is 16.9 Å². The molecule has 1 atom stereocenters. The smallest absolute Gasteiger partial charge is 0.410 e. The number of rotatable bonds is 2. The predicted molar refractivity (Wildman–Crippen MR) is 87.7 cm³/mol. The van der Waals surface area contributed by atoms with E-state index in [9.17, 15) is 4.79 Å². The normalized spacial score (nSPS) is 18.6. The quantitative estimate of drug-likeness (QED) is 0.844. The molecule has 3 heterocycles. The van der Waals surface area contributed by atoms with Gasteiger partial charge in [-0.15, -0.1) is 0 Å². The van der Waals surface area contributed by atoms with Gasteiger partial charge in [-0.1, -0.05) is 11.6 Å². The van der Waals surface area contributed by atoms with Crippen molar-refractivity contribution in [3.63, 3.8) is 0 Å². The second-order valence-electron chi connectivity index (χ2n) is 6.82. The molecule has 0 radical (unpaired) electrons. The van der Waals surface area contributed by atoms with Crippen molar-refractivity contribution in [3.05, 3.63) is 29.6 Å². The Hall–Kier alpha value is -1.82. The van der Waals surface area contributed by atoms with Gasteiger partial charge in [-0.25, -0.2) is 14.8 Å². The maximum atomic E-state index is 12.4. The number of ether oxygens (including phenoxy) is 1. The van der Waals surface area contributed by atoms with Gasteiger partial charge in [0, 0.05) is 31.4 Å². The van der Waals surface area contributed by atoms with E-state index in [0.717, 1.165) is 30.7 Å². The van der Waals surface area contributed by atoms with E-state index in [2.05, 4.69) is 9.97 Å². The van der Waals surface area contributed by atoms with Gasteiger partial charge in [0.05, 0.1) is 6.20 Å². The van der Waals surface area contributed by atoms with Gasteiger partial charge in [-0.05, 0) is 33.6 Å². The van der Waals surface area contributed by atoms with E-state index in [-0.39, 0.29) is 12.1 Å². The van der Waals surface area contributed by atoms with E-state index in [4.69, 9.17) is 16.3 Å². The number of carbonyl (C=O) groups excluding carboxylic acids is 1. The van der Waals surface area contributed by atoms with Crippen LogP contribution in [0.5, 0.6) is 0 Å². The molecule has 1 aliphatic rings. The summed E-state index contributed by atoms with van der Waals surface area (Å²) in [5.41, 5.74) is 0.301. The molecule has 1 amide bonds. The Morgan fingerprint density at radius 3 is 2.96 bits per heavy atom. The summed E-state index contributed by atoms with van der Waals surface area (Å²) in [7, 11) is 0. The van der Waals surface area contributed by atoms with Gasteiger partial charge in [-0.3, -0.25) is 4.40 Å². The summed E-state index contributed by atoms with van der Waals surface area (Å²) in [5, 5.41) is 0.432. The monoisotopic (exact) mass is 336 g/mol. The van der Waals surface area contributed by atoms with Gasteiger partial charge in [-0.2, -0.15) is 0 Å². The Kier molecular flexibility index (Phi) is 4.19. The first-order valence-electron chi connectivity index (χ1n) is 7.81. The van der Waals surface area contributed by atoms with Crippen LogP contribution in [0.3, 0.4) is 0 Å². The molecule has 3 rings (SSSR count). The van der Waals surface area contributed by atoms with E-state index in [0.29, 0.717) is 11.6 Å². The number of imidazole rings is 1. The molecule has 6 nitrogen and oxygen atoms in total. The molecule has 2 aromatic rings. The van der Waals surface area contributed by atoms with Gasteiger partial charge < -0.3 is 9.64 Å². The average molecular weight is 337 g/mol. The van der Waals surface area contributed by atoms with Crippen LogP contribution >= 0.6 is 11.6 Å². The van der Waals surface area contributed by atoms with E-state index in [1.807, 2.05) is 36.3 Å². The van der Waals surface area contributed by atoms with Gasteiger partial charge in [0.2, 0.25) is 0 Å². The largest absolute Gasteiger partial charge is 0.444 e. The summed E-state index contributed by atoms with van der Waals surface area (Å²) in [6.07, 6.45) is 7.57. The zero-order valence-electron chi connectivity index (χ0n) is 13.6. The molecule has 0 N–H and O–H groups in total. The molecule has 0 bridgehead atoms. The van der Waals surface area contributed by atoms with Crippen molar-refractivity contribution in [1.29, 1.82) is 0 Å². The van der Waals surface area contributed by atoms with Gasteiger partial charge in [0.25, 0.3) is 0 Å². The summed E-state index contributed by atoms with van der Waals surface area (Å²) in [4.78, 5) is 22.7. The maximum Gasteiger partial charge on any atom is 0.410 e. The zero-order chi connectivity index (χ0) is 16.6. The zero-order valence-corrected chi connectivity index (χ0v) is 14.4. The minimum absolute atomic E-state index is 0.0994. The molecule has 7 heteroatoms. The highest BCUT2D eigenvalue weighted by Crippen LogP contribution is 2.24. The van der Waals surface area contributed by atoms with Crippen LogP contribution in [0.1, 0.15) is 39.4 Å². The first-order chi connectivity index (χ1) is 10.8. The standard InChI is InChI=1S/C16H21ClN4O2/c1-16(2,3)23-15(22)20-7-4-5-11(20)9-13-19-10-12-14(17)18-6-8-21(12)13/h6,8,10-11H,4-5,7,9H2,1-3H3/t11-/m0/s1. The molecule has 0 aromatic carbocycles. The Morgan fingerprint density at radius 1 is 1.43 bits per heavy atom. The number of fused-ring (bicyclic) bond motifs is 1. The highest BCUT2D eigenvalue weighted by atomic mass is 35.5. The minimum Gasteiger partial charge on any atom is -0.444 e. The second-order valence-corrected chi connectivity index (χ2v) is 7.18. The molecule has 1 fully saturated rings. The Bertz CT molecular complexity index is 722. The van der Waals surface area contributed by atoms with Crippen LogP contribution in [-0.4, -0.2) is 43.5 Å². The summed E-state index contributed by atoms with van der Waals surface area (Å²) in [6.45, 7) is 6.37. The molecular formula is C16H21ClN4O2. The average Bonchev–Trinajstić information content (AvgIpc) is 3.06. The van der Waals surface area contributed by atoms with Gasteiger partial charge in [0.15, 0.2) is 5.15 Å². The predicted octanol–water partition coefficient (Wildman–Crippen LogP) is 3.32. The Labute approximate surface area is 140 Å². The third-order valence-electron chi connectivity index (χ3n) is 3.91. The lowest BCUT2D eigenvalue weighted by molar-refractivity contribution is 0.0225. The van der Waals surface area contributed by atoms with Crippen LogP contribution in [0.2, 0.25) is 5.15 Å². The lowest BCUT2D eigenvalue weighted by atomic mass is 10.1.